The number of primary amides is 2. The smallest absolute Gasteiger partial charge is 0.241 e. The van der Waals surface area contributed by atoms with E-state index >= 15 is 0 Å². The van der Waals surface area contributed by atoms with E-state index in [0.717, 1.165) is 0 Å². The fourth-order valence-corrected chi connectivity index (χ4v) is 0.557. The lowest BCUT2D eigenvalue weighted by molar-refractivity contribution is -0.114. The summed E-state index contributed by atoms with van der Waals surface area (Å²) < 4.78 is 0. The summed E-state index contributed by atoms with van der Waals surface area (Å²) in [7, 11) is 0. The van der Waals surface area contributed by atoms with E-state index in [9.17, 15) is 9.59 Å². The lowest BCUT2D eigenvalue weighted by Gasteiger charge is -1.94. The molecule has 12 heavy (non-hydrogen) atoms. The van der Waals surface area contributed by atoms with E-state index in [4.69, 9.17) is 11.5 Å². The zero-order valence-corrected chi connectivity index (χ0v) is 6.86. The van der Waals surface area contributed by atoms with Crippen LogP contribution in [0.3, 0.4) is 0 Å². The first-order valence-electron chi connectivity index (χ1n) is 3.47. The fourth-order valence-electron chi connectivity index (χ4n) is 0.557. The normalized spacial score (nSPS) is 13.8. The van der Waals surface area contributed by atoms with Crippen molar-refractivity contribution in [1.29, 1.82) is 0 Å². The van der Waals surface area contributed by atoms with Crippen molar-refractivity contribution in [2.24, 2.45) is 17.4 Å². The van der Waals surface area contributed by atoms with Gasteiger partial charge in [0, 0.05) is 0 Å². The van der Waals surface area contributed by atoms with Crippen LogP contribution in [0, 0.1) is 5.92 Å². The van der Waals surface area contributed by atoms with Gasteiger partial charge in [-0.2, -0.15) is 0 Å². The molecule has 4 heteroatoms. The molecule has 4 nitrogen and oxygen atoms in total. The summed E-state index contributed by atoms with van der Waals surface area (Å²) in [4.78, 5) is 20.5. The van der Waals surface area contributed by atoms with Crippen molar-refractivity contribution in [1.82, 2.24) is 0 Å². The van der Waals surface area contributed by atoms with Crippen LogP contribution in [0.25, 0.3) is 0 Å². The maximum atomic E-state index is 10.3. The third kappa shape index (κ3) is 6.54. The molecule has 0 aromatic heterocycles. The van der Waals surface area contributed by atoms with E-state index in [1.807, 2.05) is 0 Å². The van der Waals surface area contributed by atoms with Crippen molar-refractivity contribution < 1.29 is 9.59 Å². The largest absolute Gasteiger partial charge is 0.366 e. The van der Waals surface area contributed by atoms with E-state index in [1.54, 1.807) is 19.1 Å². The Kier molecular flexibility index (Phi) is 4.45. The first-order chi connectivity index (χ1) is 5.52. The Balaban J connectivity index is 3.97. The Morgan fingerprint density at radius 3 is 1.67 bits per heavy atom. The maximum absolute atomic E-state index is 10.3. The minimum atomic E-state index is -0.505. The Morgan fingerprint density at radius 1 is 1.08 bits per heavy atom. The molecule has 0 radical (unpaired) electrons. The zero-order valence-electron chi connectivity index (χ0n) is 6.86. The topological polar surface area (TPSA) is 86.2 Å². The highest BCUT2D eigenvalue weighted by atomic mass is 16.1. The highest BCUT2D eigenvalue weighted by molar-refractivity contribution is 5.86. The molecule has 0 heterocycles. The van der Waals surface area contributed by atoms with Gasteiger partial charge in [0.05, 0.1) is 0 Å². The summed E-state index contributed by atoms with van der Waals surface area (Å²) >= 11 is 0. The standard InChI is InChI=1S/C8H12N2O2/c1-6(2-4-7(9)11)3-5-8(10)12/h2-6H,1H3,(H2,9,11)(H2,10,12). The molecule has 0 aromatic carbocycles. The minimum absolute atomic E-state index is 0.0231. The lowest BCUT2D eigenvalue weighted by atomic mass is 10.1. The Morgan fingerprint density at radius 2 is 1.42 bits per heavy atom. The van der Waals surface area contributed by atoms with Gasteiger partial charge in [0.1, 0.15) is 0 Å². The molecule has 0 saturated carbocycles. The summed E-state index contributed by atoms with van der Waals surface area (Å²) in [6, 6.07) is 0. The van der Waals surface area contributed by atoms with Gasteiger partial charge in [-0.3, -0.25) is 9.59 Å². The van der Waals surface area contributed by atoms with Crippen LogP contribution in [0.1, 0.15) is 6.92 Å². The second-order valence-corrected chi connectivity index (χ2v) is 2.38. The summed E-state index contributed by atoms with van der Waals surface area (Å²) in [5.41, 5.74) is 9.71. The quantitative estimate of drug-likeness (QED) is 0.565. The van der Waals surface area contributed by atoms with Crippen molar-refractivity contribution >= 4 is 11.8 Å². The Bertz CT molecular complexity index is 207. The number of carbonyl (C=O) groups is 2. The van der Waals surface area contributed by atoms with Crippen molar-refractivity contribution in [2.75, 3.05) is 0 Å². The number of hydrogen-bond acceptors (Lipinski definition) is 2. The number of amides is 2. The second-order valence-electron chi connectivity index (χ2n) is 2.38. The van der Waals surface area contributed by atoms with Gasteiger partial charge in [0.25, 0.3) is 0 Å². The number of rotatable bonds is 4. The van der Waals surface area contributed by atoms with Crippen LogP contribution < -0.4 is 11.5 Å². The van der Waals surface area contributed by atoms with Crippen molar-refractivity contribution in [3.8, 4) is 0 Å². The van der Waals surface area contributed by atoms with Crippen LogP contribution >= 0.6 is 0 Å². The summed E-state index contributed by atoms with van der Waals surface area (Å²) in [5.74, 6) is -1.03. The van der Waals surface area contributed by atoms with Crippen LogP contribution in [0.2, 0.25) is 0 Å². The summed E-state index contributed by atoms with van der Waals surface area (Å²) in [5, 5.41) is 0. The molecule has 4 N–H and O–H groups in total. The van der Waals surface area contributed by atoms with Crippen LogP contribution in [-0.4, -0.2) is 11.8 Å². The average Bonchev–Trinajstić information content (AvgIpc) is 1.96. The van der Waals surface area contributed by atoms with Crippen LogP contribution in [0.4, 0.5) is 0 Å². The maximum Gasteiger partial charge on any atom is 0.241 e. The fraction of sp³-hybridized carbons (Fsp3) is 0.250. The van der Waals surface area contributed by atoms with Crippen molar-refractivity contribution in [3.63, 3.8) is 0 Å². The molecular formula is C8H12N2O2. The predicted molar refractivity (Wildman–Crippen MR) is 45.8 cm³/mol. The van der Waals surface area contributed by atoms with Crippen LogP contribution in [0.5, 0.6) is 0 Å². The summed E-state index contributed by atoms with van der Waals surface area (Å²) in [6.45, 7) is 1.80. The van der Waals surface area contributed by atoms with Gasteiger partial charge < -0.3 is 11.5 Å². The number of nitrogens with two attached hydrogens (primary N) is 2. The lowest BCUT2D eigenvalue weighted by Crippen LogP contribution is -2.07. The molecule has 0 bridgehead atoms. The van der Waals surface area contributed by atoms with E-state index < -0.39 is 11.8 Å². The molecule has 0 aliphatic rings. The van der Waals surface area contributed by atoms with E-state index in [0.29, 0.717) is 0 Å². The van der Waals surface area contributed by atoms with Crippen LogP contribution in [-0.2, 0) is 9.59 Å². The first kappa shape index (κ1) is 10.4. The van der Waals surface area contributed by atoms with Gasteiger partial charge >= 0.3 is 0 Å². The molecule has 0 atom stereocenters. The third-order valence-electron chi connectivity index (χ3n) is 1.13. The molecule has 0 aliphatic carbocycles. The molecular weight excluding hydrogens is 156 g/mol. The Hall–Kier alpha value is -1.58. The molecule has 66 valence electrons. The monoisotopic (exact) mass is 168 g/mol. The highest BCUT2D eigenvalue weighted by Crippen LogP contribution is 1.98. The molecule has 0 saturated heterocycles. The SMILES string of the molecule is CC(C=CC(N)=O)C=CC(N)=O. The van der Waals surface area contributed by atoms with E-state index in [1.165, 1.54) is 12.2 Å². The van der Waals surface area contributed by atoms with E-state index in [2.05, 4.69) is 0 Å². The second kappa shape index (κ2) is 5.12. The molecule has 0 rings (SSSR count). The van der Waals surface area contributed by atoms with Gasteiger partial charge in [-0.05, 0) is 18.1 Å². The predicted octanol–water partition coefficient (Wildman–Crippen LogP) is -0.294. The third-order valence-corrected chi connectivity index (χ3v) is 1.13. The number of hydrogen-bond donors (Lipinski definition) is 2. The summed E-state index contributed by atoms with van der Waals surface area (Å²) in [6.07, 6.45) is 5.66. The van der Waals surface area contributed by atoms with Crippen LogP contribution in [0.15, 0.2) is 24.3 Å². The average molecular weight is 168 g/mol. The number of carbonyl (C=O) groups excluding carboxylic acids is 2. The van der Waals surface area contributed by atoms with Gasteiger partial charge in [-0.25, -0.2) is 0 Å². The van der Waals surface area contributed by atoms with Crippen molar-refractivity contribution in [2.45, 2.75) is 6.92 Å². The van der Waals surface area contributed by atoms with Crippen molar-refractivity contribution in [3.05, 3.63) is 24.3 Å². The highest BCUT2D eigenvalue weighted by Gasteiger charge is 1.91. The molecule has 0 fully saturated rings. The van der Waals surface area contributed by atoms with Gasteiger partial charge in [-0.1, -0.05) is 19.1 Å². The molecule has 0 aliphatic heterocycles. The minimum Gasteiger partial charge on any atom is -0.366 e. The molecule has 0 spiro atoms. The van der Waals surface area contributed by atoms with Gasteiger partial charge in [-0.15, -0.1) is 0 Å². The van der Waals surface area contributed by atoms with E-state index in [-0.39, 0.29) is 5.92 Å². The Labute approximate surface area is 70.9 Å². The number of allylic oxidation sites excluding steroid dienone is 2. The molecule has 0 unspecified atom stereocenters. The van der Waals surface area contributed by atoms with Gasteiger partial charge in [0.2, 0.25) is 11.8 Å². The first-order valence-corrected chi connectivity index (χ1v) is 3.47. The molecule has 0 aromatic rings. The molecule has 2 amide bonds. The zero-order chi connectivity index (χ0) is 9.56. The van der Waals surface area contributed by atoms with Gasteiger partial charge in [0.15, 0.2) is 0 Å².